The molecule has 3 aromatic carbocycles. The lowest BCUT2D eigenvalue weighted by Gasteiger charge is -2.02. The standard InChI is InChI=1S/C25H20O4/c1-28-22-13-7-20(8-14-22)12-18-25(27)29-23-15-9-19(10-16-23)11-17-24(26)21-5-3-2-4-6-21/h2-18H,1H3/b17-11-,18-12-. The van der Waals surface area contributed by atoms with E-state index in [2.05, 4.69) is 0 Å². The fraction of sp³-hybridized carbons (Fsp3) is 0.0400. The predicted octanol–water partition coefficient (Wildman–Crippen LogP) is 5.21. The van der Waals surface area contributed by atoms with Gasteiger partial charge >= 0.3 is 5.97 Å². The third-order valence-corrected chi connectivity index (χ3v) is 4.11. The molecule has 0 fully saturated rings. The summed E-state index contributed by atoms with van der Waals surface area (Å²) < 4.78 is 10.4. The van der Waals surface area contributed by atoms with Crippen molar-refractivity contribution in [2.45, 2.75) is 0 Å². The summed E-state index contributed by atoms with van der Waals surface area (Å²) in [4.78, 5) is 24.1. The third kappa shape index (κ3) is 6.04. The summed E-state index contributed by atoms with van der Waals surface area (Å²) >= 11 is 0. The van der Waals surface area contributed by atoms with Crippen molar-refractivity contribution in [3.63, 3.8) is 0 Å². The van der Waals surface area contributed by atoms with E-state index in [0.717, 1.165) is 16.9 Å². The highest BCUT2D eigenvalue weighted by molar-refractivity contribution is 6.06. The van der Waals surface area contributed by atoms with Crippen LogP contribution in [0.3, 0.4) is 0 Å². The fourth-order valence-electron chi connectivity index (χ4n) is 2.55. The van der Waals surface area contributed by atoms with Crippen LogP contribution in [0.4, 0.5) is 0 Å². The molecule has 0 saturated heterocycles. The van der Waals surface area contributed by atoms with Gasteiger partial charge in [0.05, 0.1) is 7.11 Å². The molecule has 0 amide bonds. The van der Waals surface area contributed by atoms with E-state index in [0.29, 0.717) is 11.3 Å². The Morgan fingerprint density at radius 2 is 1.24 bits per heavy atom. The van der Waals surface area contributed by atoms with E-state index in [1.165, 1.54) is 12.2 Å². The monoisotopic (exact) mass is 384 g/mol. The molecule has 0 radical (unpaired) electrons. The number of hydrogen-bond acceptors (Lipinski definition) is 4. The van der Waals surface area contributed by atoms with Crippen LogP contribution in [0.5, 0.6) is 11.5 Å². The van der Waals surface area contributed by atoms with Crippen molar-refractivity contribution in [1.82, 2.24) is 0 Å². The Balaban J connectivity index is 1.55. The Bertz CT molecular complexity index is 1010. The molecule has 144 valence electrons. The van der Waals surface area contributed by atoms with Crippen molar-refractivity contribution in [1.29, 1.82) is 0 Å². The number of methoxy groups -OCH3 is 1. The smallest absolute Gasteiger partial charge is 0.336 e. The fourth-order valence-corrected chi connectivity index (χ4v) is 2.55. The van der Waals surface area contributed by atoms with E-state index >= 15 is 0 Å². The van der Waals surface area contributed by atoms with Crippen LogP contribution < -0.4 is 9.47 Å². The lowest BCUT2D eigenvalue weighted by molar-refractivity contribution is -0.128. The van der Waals surface area contributed by atoms with Crippen LogP contribution in [0.1, 0.15) is 21.5 Å². The van der Waals surface area contributed by atoms with Crippen LogP contribution in [0.2, 0.25) is 0 Å². The lowest BCUT2D eigenvalue weighted by atomic mass is 10.1. The molecule has 0 N–H and O–H groups in total. The van der Waals surface area contributed by atoms with Crippen LogP contribution >= 0.6 is 0 Å². The maximum Gasteiger partial charge on any atom is 0.336 e. The number of ether oxygens (including phenoxy) is 2. The Labute approximate surface area is 169 Å². The van der Waals surface area contributed by atoms with Crippen molar-refractivity contribution in [2.24, 2.45) is 0 Å². The first-order chi connectivity index (χ1) is 14.1. The van der Waals surface area contributed by atoms with Gasteiger partial charge in [-0.15, -0.1) is 0 Å². The second kappa shape index (κ2) is 9.85. The highest BCUT2D eigenvalue weighted by Crippen LogP contribution is 2.15. The van der Waals surface area contributed by atoms with Crippen molar-refractivity contribution >= 4 is 23.9 Å². The summed E-state index contributed by atoms with van der Waals surface area (Å²) in [5.41, 5.74) is 2.34. The maximum absolute atomic E-state index is 12.1. The molecule has 3 rings (SSSR count). The zero-order valence-corrected chi connectivity index (χ0v) is 15.9. The van der Waals surface area contributed by atoms with Crippen molar-refractivity contribution in [3.8, 4) is 11.5 Å². The number of hydrogen-bond donors (Lipinski definition) is 0. The second-order valence-electron chi connectivity index (χ2n) is 6.16. The van der Waals surface area contributed by atoms with Crippen LogP contribution in [-0.4, -0.2) is 18.9 Å². The normalized spacial score (nSPS) is 10.9. The SMILES string of the molecule is COc1ccc(/C=C\C(=O)Oc2ccc(/C=C\C(=O)c3ccccc3)cc2)cc1. The van der Waals surface area contributed by atoms with Gasteiger partial charge in [0.1, 0.15) is 11.5 Å². The van der Waals surface area contributed by atoms with Gasteiger partial charge < -0.3 is 9.47 Å². The van der Waals surface area contributed by atoms with E-state index in [1.807, 2.05) is 42.5 Å². The first-order valence-corrected chi connectivity index (χ1v) is 9.05. The van der Waals surface area contributed by atoms with Gasteiger partial charge in [-0.25, -0.2) is 4.79 Å². The molecule has 0 aliphatic heterocycles. The molecular weight excluding hydrogens is 364 g/mol. The molecule has 0 spiro atoms. The Morgan fingerprint density at radius 1 is 0.690 bits per heavy atom. The van der Waals surface area contributed by atoms with Crippen LogP contribution in [0.15, 0.2) is 91.0 Å². The summed E-state index contributed by atoms with van der Waals surface area (Å²) in [5, 5.41) is 0. The number of carbonyl (C=O) groups excluding carboxylic acids is 2. The minimum absolute atomic E-state index is 0.0650. The molecule has 29 heavy (non-hydrogen) atoms. The molecular formula is C25H20O4. The van der Waals surface area contributed by atoms with Crippen molar-refractivity contribution in [2.75, 3.05) is 7.11 Å². The maximum atomic E-state index is 12.1. The number of rotatable bonds is 7. The van der Waals surface area contributed by atoms with Gasteiger partial charge in [0, 0.05) is 11.6 Å². The Morgan fingerprint density at radius 3 is 1.83 bits per heavy atom. The third-order valence-electron chi connectivity index (χ3n) is 4.11. The minimum atomic E-state index is -0.469. The molecule has 4 heteroatoms. The topological polar surface area (TPSA) is 52.6 Å². The molecule has 0 saturated carbocycles. The molecule has 0 aliphatic carbocycles. The second-order valence-corrected chi connectivity index (χ2v) is 6.16. The average Bonchev–Trinajstić information content (AvgIpc) is 2.78. The highest BCUT2D eigenvalue weighted by Gasteiger charge is 2.02. The van der Waals surface area contributed by atoms with Gasteiger partial charge in [-0.2, -0.15) is 0 Å². The number of benzene rings is 3. The lowest BCUT2D eigenvalue weighted by Crippen LogP contribution is -2.03. The van der Waals surface area contributed by atoms with Gasteiger partial charge in [-0.1, -0.05) is 60.7 Å². The summed E-state index contributed by atoms with van der Waals surface area (Å²) in [6.45, 7) is 0. The summed E-state index contributed by atoms with van der Waals surface area (Å²) in [6.07, 6.45) is 6.29. The molecule has 0 aliphatic rings. The highest BCUT2D eigenvalue weighted by atomic mass is 16.5. The minimum Gasteiger partial charge on any atom is -0.497 e. The first kappa shape index (κ1) is 19.8. The van der Waals surface area contributed by atoms with E-state index in [9.17, 15) is 9.59 Å². The van der Waals surface area contributed by atoms with Gasteiger partial charge in [0.2, 0.25) is 0 Å². The van der Waals surface area contributed by atoms with Crippen LogP contribution in [0, 0.1) is 0 Å². The van der Waals surface area contributed by atoms with E-state index in [4.69, 9.17) is 9.47 Å². The van der Waals surface area contributed by atoms with Crippen molar-refractivity contribution < 1.29 is 19.1 Å². The number of carbonyl (C=O) groups is 2. The van der Waals surface area contributed by atoms with E-state index in [1.54, 1.807) is 55.7 Å². The molecule has 0 atom stereocenters. The zero-order valence-electron chi connectivity index (χ0n) is 15.9. The van der Waals surface area contributed by atoms with E-state index < -0.39 is 5.97 Å². The molecule has 0 aromatic heterocycles. The zero-order chi connectivity index (χ0) is 20.5. The van der Waals surface area contributed by atoms with E-state index in [-0.39, 0.29) is 5.78 Å². The Hall–Kier alpha value is -3.92. The summed E-state index contributed by atoms with van der Waals surface area (Å²) in [7, 11) is 1.60. The number of ketones is 1. The van der Waals surface area contributed by atoms with Crippen LogP contribution in [-0.2, 0) is 4.79 Å². The van der Waals surface area contributed by atoms with Gasteiger partial charge in [0.25, 0.3) is 0 Å². The van der Waals surface area contributed by atoms with Crippen LogP contribution in [0.25, 0.3) is 12.2 Å². The first-order valence-electron chi connectivity index (χ1n) is 9.05. The van der Waals surface area contributed by atoms with Crippen molar-refractivity contribution in [3.05, 3.63) is 108 Å². The molecule has 0 bridgehead atoms. The van der Waals surface area contributed by atoms with Gasteiger partial charge in [0.15, 0.2) is 5.78 Å². The largest absolute Gasteiger partial charge is 0.497 e. The molecule has 0 heterocycles. The summed E-state index contributed by atoms with van der Waals surface area (Å²) in [6, 6.07) is 23.3. The molecule has 4 nitrogen and oxygen atoms in total. The number of esters is 1. The average molecular weight is 384 g/mol. The quantitative estimate of drug-likeness (QED) is 0.243. The molecule has 3 aromatic rings. The number of allylic oxidation sites excluding steroid dienone is 1. The predicted molar refractivity (Wildman–Crippen MR) is 114 cm³/mol. The molecule has 0 unspecified atom stereocenters. The van der Waals surface area contributed by atoms with Gasteiger partial charge in [-0.3, -0.25) is 4.79 Å². The van der Waals surface area contributed by atoms with Gasteiger partial charge in [-0.05, 0) is 47.5 Å². The summed E-state index contributed by atoms with van der Waals surface area (Å²) in [5.74, 6) is 0.651. The Kier molecular flexibility index (Phi) is 6.74.